The van der Waals surface area contributed by atoms with Crippen molar-refractivity contribution in [2.45, 2.75) is 77.3 Å². The van der Waals surface area contributed by atoms with E-state index < -0.39 is 30.6 Å². The van der Waals surface area contributed by atoms with E-state index in [1.165, 1.54) is 39.3 Å². The topological polar surface area (TPSA) is 95.2 Å². The molecule has 2 fully saturated rings. The highest BCUT2D eigenvalue weighted by molar-refractivity contribution is 5.85. The second-order valence-electron chi connectivity index (χ2n) is 17.4. The predicted molar refractivity (Wildman–Crippen MR) is 232 cm³/mol. The number of rotatable bonds is 14. The summed E-state index contributed by atoms with van der Waals surface area (Å²) in [4.78, 5) is 43.5. The number of likely N-dealkylation sites (tertiary alicyclic amines) is 1. The van der Waals surface area contributed by atoms with Crippen LogP contribution in [0, 0.1) is 24.0 Å². The Balaban J connectivity index is 0.000000206. The lowest BCUT2D eigenvalue weighted by Crippen LogP contribution is -2.71. The van der Waals surface area contributed by atoms with Gasteiger partial charge in [-0.2, -0.15) is 0 Å². The minimum atomic E-state index is -2.61. The lowest BCUT2D eigenvalue weighted by Gasteiger charge is -2.60. The lowest BCUT2D eigenvalue weighted by atomic mass is 9.73. The fourth-order valence-electron chi connectivity index (χ4n) is 9.85. The molecule has 328 valence electrons. The van der Waals surface area contributed by atoms with Gasteiger partial charge in [0.05, 0.1) is 25.2 Å². The van der Waals surface area contributed by atoms with Crippen LogP contribution in [0.25, 0.3) is 10.9 Å². The van der Waals surface area contributed by atoms with Crippen molar-refractivity contribution in [3.8, 4) is 0 Å². The number of carbonyl (C=O) groups is 3. The SMILES string of the molecule is C=C(CCC(C=O)N(C)Cc1cc2c(cc1C)CN(CC=O)C2)NC.C=O.C[C@@H]1Cc2c([nH]c3ccccc23)[C@@H](c2c(F)cc(N3CC4(CN(C)C4)C3)cc2F)N1CC(F)F. The molecular weight excluding hydrogens is 787 g/mol. The molecule has 3 atom stereocenters. The predicted octanol–water partition coefficient (Wildman–Crippen LogP) is 6.64. The van der Waals surface area contributed by atoms with E-state index in [2.05, 4.69) is 57.7 Å². The molecule has 14 heteroatoms. The summed E-state index contributed by atoms with van der Waals surface area (Å²) >= 11 is 0. The zero-order valence-corrected chi connectivity index (χ0v) is 36.0. The van der Waals surface area contributed by atoms with Crippen LogP contribution in [0.5, 0.6) is 0 Å². The molecule has 10 nitrogen and oxygen atoms in total. The number of para-hydroxylation sites is 1. The van der Waals surface area contributed by atoms with Crippen LogP contribution in [0.2, 0.25) is 0 Å². The van der Waals surface area contributed by atoms with Gasteiger partial charge in [-0.25, -0.2) is 17.6 Å². The molecule has 5 heterocycles. The second-order valence-corrected chi connectivity index (χ2v) is 17.4. The molecule has 1 unspecified atom stereocenters. The summed E-state index contributed by atoms with van der Waals surface area (Å²) in [7, 11) is 5.91. The van der Waals surface area contributed by atoms with Crippen LogP contribution in [0.3, 0.4) is 0 Å². The van der Waals surface area contributed by atoms with Gasteiger partial charge in [-0.05, 0) is 93.2 Å². The third-order valence-electron chi connectivity index (χ3n) is 12.8. The maximum absolute atomic E-state index is 15.7. The third kappa shape index (κ3) is 9.77. The Kier molecular flexibility index (Phi) is 14.5. The number of anilines is 1. The Morgan fingerprint density at radius 1 is 1.03 bits per heavy atom. The fourth-order valence-corrected chi connectivity index (χ4v) is 9.85. The van der Waals surface area contributed by atoms with Crippen LogP contribution in [0.1, 0.15) is 64.9 Å². The third-order valence-corrected chi connectivity index (χ3v) is 12.8. The minimum absolute atomic E-state index is 0.121. The van der Waals surface area contributed by atoms with Crippen molar-refractivity contribution in [1.29, 1.82) is 0 Å². The van der Waals surface area contributed by atoms with Gasteiger partial charge in [0.25, 0.3) is 6.43 Å². The number of aldehydes is 2. The first-order valence-electron chi connectivity index (χ1n) is 20.9. The van der Waals surface area contributed by atoms with E-state index in [9.17, 15) is 18.4 Å². The van der Waals surface area contributed by atoms with Crippen LogP contribution in [0.15, 0.2) is 60.8 Å². The van der Waals surface area contributed by atoms with Gasteiger partial charge < -0.3 is 34.5 Å². The number of likely N-dealkylation sites (N-methyl/N-ethyl adjacent to an activating group) is 1. The summed E-state index contributed by atoms with van der Waals surface area (Å²) in [6.45, 7) is 15.8. The number of aryl methyl sites for hydroxylation is 1. The molecule has 0 radical (unpaired) electrons. The highest BCUT2D eigenvalue weighted by Crippen LogP contribution is 2.45. The molecule has 2 N–H and O–H groups in total. The molecule has 61 heavy (non-hydrogen) atoms. The van der Waals surface area contributed by atoms with Crippen LogP contribution in [-0.2, 0) is 40.4 Å². The van der Waals surface area contributed by atoms with Gasteiger partial charge >= 0.3 is 0 Å². The normalized spacial score (nSPS) is 19.9. The highest BCUT2D eigenvalue weighted by Gasteiger charge is 2.50. The monoisotopic (exact) mass is 845 g/mol. The first kappa shape index (κ1) is 45.6. The number of aromatic nitrogens is 1. The molecule has 1 spiro atoms. The van der Waals surface area contributed by atoms with Crippen molar-refractivity contribution in [3.63, 3.8) is 0 Å². The van der Waals surface area contributed by atoms with Gasteiger partial charge in [-0.3, -0.25) is 14.7 Å². The number of benzene rings is 3. The molecule has 4 aliphatic rings. The fraction of sp³-hybridized carbons (Fsp3) is 0.468. The number of aromatic amines is 1. The van der Waals surface area contributed by atoms with Gasteiger partial charge in [0.2, 0.25) is 0 Å². The van der Waals surface area contributed by atoms with Gasteiger partial charge in [0, 0.05) is 97.9 Å². The van der Waals surface area contributed by atoms with Crippen molar-refractivity contribution < 1.29 is 31.9 Å². The van der Waals surface area contributed by atoms with E-state index in [0.29, 0.717) is 24.3 Å². The Morgan fingerprint density at radius 2 is 1.69 bits per heavy atom. The van der Waals surface area contributed by atoms with E-state index in [4.69, 9.17) is 4.79 Å². The van der Waals surface area contributed by atoms with Crippen molar-refractivity contribution in [2.75, 3.05) is 65.3 Å². The number of H-pyrrole nitrogens is 1. The number of halogens is 4. The number of allylic oxidation sites excluding steroid dienone is 1. The maximum Gasteiger partial charge on any atom is 0.251 e. The number of hydrogen-bond donors (Lipinski definition) is 2. The molecule has 0 aliphatic carbocycles. The average Bonchev–Trinajstić information content (AvgIpc) is 3.77. The summed E-state index contributed by atoms with van der Waals surface area (Å²) in [6, 6.07) is 13.5. The van der Waals surface area contributed by atoms with Crippen molar-refractivity contribution in [2.24, 2.45) is 5.41 Å². The van der Waals surface area contributed by atoms with E-state index in [-0.39, 0.29) is 23.1 Å². The second kappa shape index (κ2) is 19.4. The van der Waals surface area contributed by atoms with Gasteiger partial charge in [-0.15, -0.1) is 0 Å². The van der Waals surface area contributed by atoms with Crippen molar-refractivity contribution >= 4 is 36.0 Å². The number of nitrogens with one attached hydrogen (secondary N) is 2. The van der Waals surface area contributed by atoms with Gasteiger partial charge in [0.15, 0.2) is 0 Å². The molecule has 3 aromatic carbocycles. The summed E-state index contributed by atoms with van der Waals surface area (Å²) < 4.78 is 58.5. The number of alkyl halides is 2. The number of carbonyl (C=O) groups excluding carboxylic acids is 3. The van der Waals surface area contributed by atoms with Crippen molar-refractivity contribution in [3.05, 3.63) is 112 Å². The first-order valence-corrected chi connectivity index (χ1v) is 20.9. The molecule has 1 aromatic heterocycles. The molecule has 2 saturated heterocycles. The highest BCUT2D eigenvalue weighted by atomic mass is 19.3. The zero-order valence-electron chi connectivity index (χ0n) is 36.0. The van der Waals surface area contributed by atoms with E-state index in [1.54, 1.807) is 0 Å². The van der Waals surface area contributed by atoms with Gasteiger partial charge in [-0.1, -0.05) is 36.9 Å². The van der Waals surface area contributed by atoms with Crippen LogP contribution >= 0.6 is 0 Å². The maximum atomic E-state index is 15.7. The number of fused-ring (bicyclic) bond motifs is 4. The quantitative estimate of drug-likeness (QED) is 0.107. The van der Waals surface area contributed by atoms with E-state index in [1.807, 2.05) is 57.0 Å². The number of nitrogens with zero attached hydrogens (tertiary/aromatic N) is 5. The van der Waals surface area contributed by atoms with Crippen LogP contribution in [-0.4, -0.2) is 123 Å². The Morgan fingerprint density at radius 3 is 2.30 bits per heavy atom. The molecule has 4 aromatic rings. The molecule has 0 bridgehead atoms. The summed E-state index contributed by atoms with van der Waals surface area (Å²) in [5.74, 6) is -1.38. The minimum Gasteiger partial charge on any atom is -0.392 e. The molecule has 0 saturated carbocycles. The Hall–Kier alpha value is -4.89. The first-order chi connectivity index (χ1) is 29.2. The summed E-state index contributed by atoms with van der Waals surface area (Å²) in [5.41, 5.74) is 9.00. The Bertz CT molecular complexity index is 2180. The molecule has 4 aliphatic heterocycles. The lowest BCUT2D eigenvalue weighted by molar-refractivity contribution is -0.112. The van der Waals surface area contributed by atoms with Crippen LogP contribution in [0.4, 0.5) is 23.2 Å². The number of hydrogen-bond acceptors (Lipinski definition) is 9. The smallest absolute Gasteiger partial charge is 0.251 e. The van der Waals surface area contributed by atoms with Crippen molar-refractivity contribution in [1.82, 2.24) is 29.9 Å². The van der Waals surface area contributed by atoms with E-state index in [0.717, 1.165) is 93.4 Å². The molecule has 8 rings (SSSR count). The van der Waals surface area contributed by atoms with Crippen LogP contribution < -0.4 is 10.2 Å². The average molecular weight is 846 g/mol. The standard InChI is InChI=1S/C26H28F4N4.C20H29N3O2.CH2O/c1-15-7-18-17-5-3-4-6-21(17)31-24(18)25(34(15)10-22(29)30)23-19(27)8-16(9-20(23)28)33-13-26(14-33)11-32(2)12-26;1-15-9-18-12-23(7-8-24)13-19(18)10-17(15)11-22(4)20(14-25)6-5-16(2)21-3;1-2/h3-6,8-9,15,22,25,31H,7,10-14H2,1-2H3;8-10,14,20-21H,2,5-7,11-13H2,1,3-4H3;1H2/t15-,25-;;/m1../s1. The zero-order chi connectivity index (χ0) is 44.2. The Labute approximate surface area is 356 Å². The summed E-state index contributed by atoms with van der Waals surface area (Å²) in [5, 5.41) is 4.00. The summed E-state index contributed by atoms with van der Waals surface area (Å²) in [6.07, 6.45) is 1.46. The molecule has 0 amide bonds. The largest absolute Gasteiger partial charge is 0.392 e. The van der Waals surface area contributed by atoms with Gasteiger partial charge in [0.1, 0.15) is 31.0 Å². The molecular formula is C47H59F4N7O3. The van der Waals surface area contributed by atoms with E-state index >= 15 is 8.78 Å².